The molecule has 0 spiro atoms. The van der Waals surface area contributed by atoms with Gasteiger partial charge >= 0.3 is 0 Å². The van der Waals surface area contributed by atoms with E-state index in [1.54, 1.807) is 0 Å². The number of fused-ring (bicyclic) bond motifs is 1. The smallest absolute Gasteiger partial charge is 0.0839 e. The van der Waals surface area contributed by atoms with E-state index >= 15 is 0 Å². The van der Waals surface area contributed by atoms with Crippen LogP contribution in [-0.4, -0.2) is 4.57 Å². The largest absolute Gasteiger partial charge is 0.335 e. The minimum atomic E-state index is 0.139. The summed E-state index contributed by atoms with van der Waals surface area (Å²) in [5, 5.41) is 1.32. The van der Waals surface area contributed by atoms with Gasteiger partial charge < -0.3 is 4.57 Å². The minimum Gasteiger partial charge on any atom is -0.335 e. The van der Waals surface area contributed by atoms with Crippen LogP contribution in [0.1, 0.15) is 28.3 Å². The fraction of sp³-hybridized carbons (Fsp3) is 0.103. The normalized spacial score (nSPS) is 11.3. The molecule has 5 rings (SSSR count). The SMILES string of the molecule is Cc1cccc(CSc2cn(C(c3ccccc3)c3ccccc3)c3ccccc23)c1. The van der Waals surface area contributed by atoms with Gasteiger partial charge in [-0.05, 0) is 29.7 Å². The van der Waals surface area contributed by atoms with Gasteiger partial charge in [-0.1, -0.05) is 109 Å². The van der Waals surface area contributed by atoms with Crippen LogP contribution < -0.4 is 0 Å². The Balaban J connectivity index is 1.60. The second-order valence-corrected chi connectivity index (χ2v) is 8.94. The van der Waals surface area contributed by atoms with Crippen molar-refractivity contribution in [2.45, 2.75) is 23.6 Å². The second kappa shape index (κ2) is 8.87. The van der Waals surface area contributed by atoms with Crippen LogP contribution in [0, 0.1) is 6.92 Å². The topological polar surface area (TPSA) is 4.93 Å². The second-order valence-electron chi connectivity index (χ2n) is 7.92. The number of para-hydroxylation sites is 1. The Morgan fingerprint density at radius 2 is 1.35 bits per heavy atom. The zero-order chi connectivity index (χ0) is 21.0. The summed E-state index contributed by atoms with van der Waals surface area (Å²) in [6, 6.07) is 39.3. The first kappa shape index (κ1) is 19.7. The first-order valence-corrected chi connectivity index (χ1v) is 11.7. The Morgan fingerprint density at radius 3 is 2.03 bits per heavy atom. The molecule has 1 nitrogen and oxygen atoms in total. The van der Waals surface area contributed by atoms with Gasteiger partial charge in [0.25, 0.3) is 0 Å². The molecule has 0 amide bonds. The highest BCUT2D eigenvalue weighted by atomic mass is 32.2. The fourth-order valence-electron chi connectivity index (χ4n) is 4.25. The lowest BCUT2D eigenvalue weighted by molar-refractivity contribution is 0.701. The first-order chi connectivity index (χ1) is 15.3. The summed E-state index contributed by atoms with van der Waals surface area (Å²) >= 11 is 1.92. The molecular weight excluding hydrogens is 394 g/mol. The average Bonchev–Trinajstić information content (AvgIpc) is 3.18. The molecule has 0 unspecified atom stereocenters. The van der Waals surface area contributed by atoms with Gasteiger partial charge in [-0.2, -0.15) is 0 Å². The Labute approximate surface area is 188 Å². The van der Waals surface area contributed by atoms with Crippen molar-refractivity contribution in [2.75, 3.05) is 0 Å². The molecule has 2 heteroatoms. The highest BCUT2D eigenvalue weighted by molar-refractivity contribution is 7.98. The predicted octanol–water partition coefficient (Wildman–Crippen LogP) is 7.88. The molecule has 0 saturated carbocycles. The van der Waals surface area contributed by atoms with Crippen LogP contribution in [0.15, 0.2) is 120 Å². The molecule has 5 aromatic rings. The van der Waals surface area contributed by atoms with E-state index in [-0.39, 0.29) is 6.04 Å². The maximum atomic E-state index is 2.44. The molecule has 0 saturated heterocycles. The first-order valence-electron chi connectivity index (χ1n) is 10.7. The molecule has 0 fully saturated rings. The van der Waals surface area contributed by atoms with Crippen molar-refractivity contribution in [2.24, 2.45) is 0 Å². The third-order valence-corrected chi connectivity index (χ3v) is 6.80. The van der Waals surface area contributed by atoms with Crippen molar-refractivity contribution in [3.8, 4) is 0 Å². The maximum absolute atomic E-state index is 2.44. The molecule has 0 bridgehead atoms. The van der Waals surface area contributed by atoms with Crippen LogP contribution in [0.25, 0.3) is 10.9 Å². The fourth-order valence-corrected chi connectivity index (χ4v) is 5.27. The summed E-state index contributed by atoms with van der Waals surface area (Å²) in [6.45, 7) is 2.16. The minimum absolute atomic E-state index is 0.139. The Kier molecular flexibility index (Phi) is 5.64. The highest BCUT2D eigenvalue weighted by Crippen LogP contribution is 2.37. The molecular formula is C29H25NS. The summed E-state index contributed by atoms with van der Waals surface area (Å²) in [4.78, 5) is 1.33. The summed E-state index contributed by atoms with van der Waals surface area (Å²) in [7, 11) is 0. The molecule has 0 aliphatic rings. The van der Waals surface area contributed by atoms with Gasteiger partial charge in [-0.25, -0.2) is 0 Å². The van der Waals surface area contributed by atoms with Crippen LogP contribution in [0.5, 0.6) is 0 Å². The quantitative estimate of drug-likeness (QED) is 0.253. The van der Waals surface area contributed by atoms with E-state index in [2.05, 4.69) is 127 Å². The summed E-state index contributed by atoms with van der Waals surface area (Å²) in [6.07, 6.45) is 2.34. The standard InChI is InChI=1S/C29H25NS/c1-22-11-10-12-23(19-22)21-31-28-20-30(27-18-9-8-17-26(27)28)29(24-13-4-2-5-14-24)25-15-6-3-7-16-25/h2-20,29H,21H2,1H3. The number of hydrogen-bond acceptors (Lipinski definition) is 1. The number of aromatic nitrogens is 1. The Hall–Kier alpha value is -3.23. The van der Waals surface area contributed by atoms with Crippen molar-refractivity contribution in [3.63, 3.8) is 0 Å². The predicted molar refractivity (Wildman–Crippen MR) is 133 cm³/mol. The number of thioether (sulfide) groups is 1. The third-order valence-electron chi connectivity index (χ3n) is 5.69. The van der Waals surface area contributed by atoms with E-state index in [4.69, 9.17) is 0 Å². The van der Waals surface area contributed by atoms with E-state index in [1.807, 2.05) is 11.8 Å². The van der Waals surface area contributed by atoms with Gasteiger partial charge in [0.2, 0.25) is 0 Å². The van der Waals surface area contributed by atoms with Gasteiger partial charge in [0.1, 0.15) is 0 Å². The zero-order valence-electron chi connectivity index (χ0n) is 17.6. The van der Waals surface area contributed by atoms with E-state index in [9.17, 15) is 0 Å². The van der Waals surface area contributed by atoms with Crippen molar-refractivity contribution in [3.05, 3.63) is 138 Å². The lowest BCUT2D eigenvalue weighted by Crippen LogP contribution is -2.11. The average molecular weight is 420 g/mol. The van der Waals surface area contributed by atoms with E-state index in [0.29, 0.717) is 0 Å². The van der Waals surface area contributed by atoms with E-state index in [1.165, 1.54) is 38.1 Å². The molecule has 31 heavy (non-hydrogen) atoms. The molecule has 152 valence electrons. The molecule has 1 heterocycles. The van der Waals surface area contributed by atoms with Gasteiger partial charge in [-0.3, -0.25) is 0 Å². The van der Waals surface area contributed by atoms with Crippen LogP contribution in [-0.2, 0) is 5.75 Å². The molecule has 0 radical (unpaired) electrons. The van der Waals surface area contributed by atoms with Crippen molar-refractivity contribution >= 4 is 22.7 Å². The van der Waals surface area contributed by atoms with Crippen LogP contribution in [0.2, 0.25) is 0 Å². The highest BCUT2D eigenvalue weighted by Gasteiger charge is 2.20. The molecule has 0 atom stereocenters. The van der Waals surface area contributed by atoms with Gasteiger partial charge in [0.15, 0.2) is 0 Å². The van der Waals surface area contributed by atoms with E-state index in [0.717, 1.165) is 5.75 Å². The Bertz CT molecular complexity index is 1250. The lowest BCUT2D eigenvalue weighted by atomic mass is 9.98. The maximum Gasteiger partial charge on any atom is 0.0839 e. The van der Waals surface area contributed by atoms with Crippen molar-refractivity contribution in [1.29, 1.82) is 0 Å². The van der Waals surface area contributed by atoms with Gasteiger partial charge in [0, 0.05) is 22.2 Å². The molecule has 4 aromatic carbocycles. The van der Waals surface area contributed by atoms with Crippen LogP contribution in [0.3, 0.4) is 0 Å². The van der Waals surface area contributed by atoms with E-state index < -0.39 is 0 Å². The summed E-state index contributed by atoms with van der Waals surface area (Å²) < 4.78 is 2.44. The lowest BCUT2D eigenvalue weighted by Gasteiger charge is -2.21. The number of rotatable bonds is 6. The summed E-state index contributed by atoms with van der Waals surface area (Å²) in [5.74, 6) is 0.969. The molecule has 0 aliphatic carbocycles. The molecule has 0 N–H and O–H groups in total. The number of benzene rings is 4. The molecule has 1 aromatic heterocycles. The Morgan fingerprint density at radius 1 is 0.710 bits per heavy atom. The van der Waals surface area contributed by atoms with Crippen molar-refractivity contribution < 1.29 is 0 Å². The molecule has 0 aliphatic heterocycles. The monoisotopic (exact) mass is 419 g/mol. The third kappa shape index (κ3) is 4.17. The summed E-state index contributed by atoms with van der Waals surface area (Å²) in [5.41, 5.74) is 6.54. The van der Waals surface area contributed by atoms with Crippen molar-refractivity contribution in [1.82, 2.24) is 4.57 Å². The van der Waals surface area contributed by atoms with Crippen LogP contribution >= 0.6 is 11.8 Å². The zero-order valence-corrected chi connectivity index (χ0v) is 18.4. The van der Waals surface area contributed by atoms with Gasteiger partial charge in [0.05, 0.1) is 11.6 Å². The number of aryl methyl sites for hydroxylation is 1. The number of hydrogen-bond donors (Lipinski definition) is 0. The number of nitrogens with zero attached hydrogens (tertiary/aromatic N) is 1. The van der Waals surface area contributed by atoms with Gasteiger partial charge in [-0.15, -0.1) is 11.8 Å². The van der Waals surface area contributed by atoms with Crippen LogP contribution in [0.4, 0.5) is 0 Å².